The van der Waals surface area contributed by atoms with Crippen LogP contribution in [-0.2, 0) is 0 Å². The highest BCUT2D eigenvalue weighted by atomic mass is 16.6. The first-order valence-electron chi connectivity index (χ1n) is 8.51. The predicted molar refractivity (Wildman–Crippen MR) is 105 cm³/mol. The number of nitrogens with zero attached hydrogens (tertiary/aromatic N) is 2. The summed E-state index contributed by atoms with van der Waals surface area (Å²) in [7, 11) is 0. The maximum absolute atomic E-state index is 11.0. The molecule has 0 bridgehead atoms. The van der Waals surface area contributed by atoms with Crippen molar-refractivity contribution >= 4 is 28.0 Å². The summed E-state index contributed by atoms with van der Waals surface area (Å²) < 4.78 is 0. The lowest BCUT2D eigenvalue weighted by Gasteiger charge is -2.11. The number of rotatable bonds is 9. The Balaban J connectivity index is 1.39. The molecule has 0 unspecified atom stereocenters. The van der Waals surface area contributed by atoms with E-state index in [1.54, 1.807) is 24.4 Å². The normalized spacial score (nSPS) is 10.6. The molecule has 7 nitrogen and oxygen atoms in total. The first-order valence-corrected chi connectivity index (χ1v) is 8.51. The first kappa shape index (κ1) is 17.6. The van der Waals surface area contributed by atoms with Crippen LogP contribution in [0.5, 0.6) is 0 Å². The fourth-order valence-electron chi connectivity index (χ4n) is 2.73. The fraction of sp³-hybridized carbons (Fsp3) is 0.211. The number of pyridine rings is 1. The molecule has 1 heterocycles. The van der Waals surface area contributed by atoms with Crippen molar-refractivity contribution in [1.29, 1.82) is 0 Å². The molecule has 2 aromatic carbocycles. The monoisotopic (exact) mass is 351 g/mol. The largest absolute Gasteiger partial charge is 0.383 e. The second-order valence-corrected chi connectivity index (χ2v) is 5.75. The van der Waals surface area contributed by atoms with Gasteiger partial charge in [-0.2, -0.15) is 0 Å². The van der Waals surface area contributed by atoms with Gasteiger partial charge in [0.2, 0.25) is 0 Å². The Morgan fingerprint density at radius 2 is 1.54 bits per heavy atom. The van der Waals surface area contributed by atoms with Crippen LogP contribution in [0.2, 0.25) is 0 Å². The molecule has 0 amide bonds. The molecule has 0 aliphatic rings. The number of hydrogen-bond acceptors (Lipinski definition) is 6. The van der Waals surface area contributed by atoms with E-state index in [1.807, 2.05) is 24.3 Å². The third-order valence-corrected chi connectivity index (χ3v) is 3.98. The first-order chi connectivity index (χ1) is 12.8. The average Bonchev–Trinajstić information content (AvgIpc) is 2.67. The summed E-state index contributed by atoms with van der Waals surface area (Å²) >= 11 is 0. The molecular formula is C19H21N5O2. The fourth-order valence-corrected chi connectivity index (χ4v) is 2.73. The molecule has 0 atom stereocenters. The number of aromatic nitrogens is 1. The van der Waals surface area contributed by atoms with Crippen LogP contribution >= 0.6 is 0 Å². The van der Waals surface area contributed by atoms with Crippen LogP contribution in [0, 0.1) is 10.1 Å². The van der Waals surface area contributed by atoms with Gasteiger partial charge in [-0.1, -0.05) is 30.3 Å². The van der Waals surface area contributed by atoms with E-state index in [9.17, 15) is 10.1 Å². The minimum atomic E-state index is -0.376. The zero-order valence-electron chi connectivity index (χ0n) is 14.3. The molecule has 0 saturated carbocycles. The maximum atomic E-state index is 11.0. The van der Waals surface area contributed by atoms with Crippen LogP contribution in [-0.4, -0.2) is 36.1 Å². The Labute approximate surface area is 151 Å². The van der Waals surface area contributed by atoms with Crippen LogP contribution in [0.25, 0.3) is 10.9 Å². The van der Waals surface area contributed by atoms with Crippen molar-refractivity contribution in [3.05, 3.63) is 70.9 Å². The van der Waals surface area contributed by atoms with Crippen LogP contribution in [0.4, 0.5) is 17.1 Å². The lowest BCUT2D eigenvalue weighted by atomic mass is 10.2. The van der Waals surface area contributed by atoms with E-state index in [4.69, 9.17) is 0 Å². The molecule has 3 rings (SSSR count). The second kappa shape index (κ2) is 8.77. The lowest BCUT2D eigenvalue weighted by molar-refractivity contribution is -0.384. The van der Waals surface area contributed by atoms with Gasteiger partial charge in [0.1, 0.15) is 5.69 Å². The molecule has 0 aliphatic carbocycles. The molecule has 0 radical (unpaired) electrons. The molecule has 0 spiro atoms. The number of anilines is 2. The summed E-state index contributed by atoms with van der Waals surface area (Å²) in [5.74, 6) is 0. The summed E-state index contributed by atoms with van der Waals surface area (Å²) in [5, 5.41) is 21.9. The van der Waals surface area contributed by atoms with Crippen molar-refractivity contribution in [2.75, 3.05) is 36.8 Å². The minimum Gasteiger partial charge on any atom is -0.383 e. The van der Waals surface area contributed by atoms with Crippen LogP contribution in [0.15, 0.2) is 60.8 Å². The third-order valence-electron chi connectivity index (χ3n) is 3.98. The highest BCUT2D eigenvalue weighted by Gasteiger charge is 2.10. The molecule has 26 heavy (non-hydrogen) atoms. The summed E-state index contributed by atoms with van der Waals surface area (Å²) in [6, 6.07) is 16.7. The van der Waals surface area contributed by atoms with E-state index >= 15 is 0 Å². The molecule has 3 N–H and O–H groups in total. The van der Waals surface area contributed by atoms with Gasteiger partial charge < -0.3 is 16.0 Å². The van der Waals surface area contributed by atoms with Crippen molar-refractivity contribution in [2.45, 2.75) is 0 Å². The van der Waals surface area contributed by atoms with E-state index < -0.39 is 0 Å². The van der Waals surface area contributed by atoms with Crippen LogP contribution in [0.3, 0.4) is 0 Å². The zero-order valence-corrected chi connectivity index (χ0v) is 14.3. The van der Waals surface area contributed by atoms with Crippen molar-refractivity contribution in [2.24, 2.45) is 0 Å². The lowest BCUT2D eigenvalue weighted by Crippen LogP contribution is -2.27. The SMILES string of the molecule is O=[N+]([O-])c1ccccc1NCCNCCNc1ccnc2ccccc12. The van der Waals surface area contributed by atoms with E-state index in [0.29, 0.717) is 18.8 Å². The third kappa shape index (κ3) is 4.46. The molecule has 0 aliphatic heterocycles. The Hall–Kier alpha value is -3.19. The Bertz CT molecular complexity index is 879. The highest BCUT2D eigenvalue weighted by Crippen LogP contribution is 2.22. The number of fused-ring (bicyclic) bond motifs is 1. The van der Waals surface area contributed by atoms with Gasteiger partial charge in [0.25, 0.3) is 5.69 Å². The highest BCUT2D eigenvalue weighted by molar-refractivity contribution is 5.90. The van der Waals surface area contributed by atoms with Gasteiger partial charge in [-0.25, -0.2) is 0 Å². The molecule has 134 valence electrons. The molecule has 1 aromatic heterocycles. The number of para-hydroxylation sites is 3. The van der Waals surface area contributed by atoms with Gasteiger partial charge in [-0.3, -0.25) is 15.1 Å². The number of benzene rings is 2. The van der Waals surface area contributed by atoms with Gasteiger partial charge in [-0.15, -0.1) is 0 Å². The maximum Gasteiger partial charge on any atom is 0.292 e. The van der Waals surface area contributed by atoms with E-state index in [1.165, 1.54) is 6.07 Å². The van der Waals surface area contributed by atoms with Gasteiger partial charge in [-0.05, 0) is 18.2 Å². The molecule has 0 fully saturated rings. The summed E-state index contributed by atoms with van der Waals surface area (Å²) in [6.07, 6.45) is 1.80. The Morgan fingerprint density at radius 3 is 2.35 bits per heavy atom. The Morgan fingerprint density at radius 1 is 0.846 bits per heavy atom. The number of nitrogens with one attached hydrogen (secondary N) is 3. The van der Waals surface area contributed by atoms with Crippen molar-refractivity contribution in [3.8, 4) is 0 Å². The summed E-state index contributed by atoms with van der Waals surface area (Å²) in [5.41, 5.74) is 2.67. The molecule has 3 aromatic rings. The molecule has 0 saturated heterocycles. The van der Waals surface area contributed by atoms with Crippen molar-refractivity contribution in [1.82, 2.24) is 10.3 Å². The number of hydrogen-bond donors (Lipinski definition) is 3. The van der Waals surface area contributed by atoms with Gasteiger partial charge in [0.15, 0.2) is 0 Å². The van der Waals surface area contributed by atoms with E-state index in [0.717, 1.165) is 29.7 Å². The van der Waals surface area contributed by atoms with Crippen molar-refractivity contribution < 1.29 is 4.92 Å². The van der Waals surface area contributed by atoms with E-state index in [-0.39, 0.29) is 10.6 Å². The van der Waals surface area contributed by atoms with E-state index in [2.05, 4.69) is 27.0 Å². The zero-order chi connectivity index (χ0) is 18.2. The van der Waals surface area contributed by atoms with Crippen LogP contribution in [0.1, 0.15) is 0 Å². The quantitative estimate of drug-likeness (QED) is 0.311. The molecular weight excluding hydrogens is 330 g/mol. The standard InChI is InChI=1S/C19H21N5O2/c25-24(26)19-8-4-3-7-18(19)23-14-12-20-11-13-22-17-9-10-21-16-6-2-1-5-15(16)17/h1-10,20,23H,11-14H2,(H,21,22). The second-order valence-electron chi connectivity index (χ2n) is 5.75. The minimum absolute atomic E-state index is 0.0960. The smallest absolute Gasteiger partial charge is 0.292 e. The average molecular weight is 351 g/mol. The Kier molecular flexibility index (Phi) is 5.95. The number of nitro groups is 1. The van der Waals surface area contributed by atoms with Gasteiger partial charge >= 0.3 is 0 Å². The molecule has 7 heteroatoms. The van der Waals surface area contributed by atoms with Crippen molar-refractivity contribution in [3.63, 3.8) is 0 Å². The topological polar surface area (TPSA) is 92.1 Å². The van der Waals surface area contributed by atoms with Crippen LogP contribution < -0.4 is 16.0 Å². The summed E-state index contributed by atoms with van der Waals surface area (Å²) in [6.45, 7) is 2.89. The van der Waals surface area contributed by atoms with Gasteiger partial charge in [0.05, 0.1) is 10.4 Å². The summed E-state index contributed by atoms with van der Waals surface area (Å²) in [4.78, 5) is 14.9. The number of nitro benzene ring substituents is 1. The van der Waals surface area contributed by atoms with Gasteiger partial charge in [0, 0.05) is 49.5 Å². The predicted octanol–water partition coefficient (Wildman–Crippen LogP) is 3.26.